The second-order valence-electron chi connectivity index (χ2n) is 3.75. The lowest BCUT2D eigenvalue weighted by Crippen LogP contribution is -2.54. The molecule has 1 aliphatic heterocycles. The normalized spacial score (nSPS) is 23.6. The van der Waals surface area contributed by atoms with Crippen LogP contribution >= 0.6 is 39.0 Å². The van der Waals surface area contributed by atoms with Crippen molar-refractivity contribution in [1.29, 1.82) is 0 Å². The predicted molar refractivity (Wildman–Crippen MR) is 71.8 cm³/mol. The lowest BCUT2D eigenvalue weighted by atomic mass is 9.99. The van der Waals surface area contributed by atoms with Gasteiger partial charge in [-0.05, 0) is 40.2 Å². The van der Waals surface area contributed by atoms with Crippen LogP contribution in [0.5, 0.6) is 0 Å². The molecule has 1 aromatic rings. The summed E-state index contributed by atoms with van der Waals surface area (Å²) in [6.07, 6.45) is 0.477. The van der Waals surface area contributed by atoms with Crippen LogP contribution in [0, 0.1) is 0 Å². The molecule has 1 unspecified atom stereocenters. The van der Waals surface area contributed by atoms with Gasteiger partial charge in [-0.3, -0.25) is 4.79 Å². The van der Waals surface area contributed by atoms with E-state index in [9.17, 15) is 14.7 Å². The topological polar surface area (TPSA) is 66.4 Å². The molecule has 4 nitrogen and oxygen atoms in total. The molecule has 92 valence electrons. The van der Waals surface area contributed by atoms with Gasteiger partial charge in [-0.2, -0.15) is 11.8 Å². The van der Waals surface area contributed by atoms with Crippen molar-refractivity contribution >= 4 is 50.9 Å². The molecule has 1 fully saturated rings. The van der Waals surface area contributed by atoms with E-state index >= 15 is 0 Å². The van der Waals surface area contributed by atoms with E-state index in [1.807, 2.05) is 0 Å². The maximum absolute atomic E-state index is 11.9. The summed E-state index contributed by atoms with van der Waals surface area (Å²) in [7, 11) is 0. The standard InChI is InChI=1S/C10H10BrNO3S2/c11-7-2-1-6(17-7)8(13)12-10(9(14)15)3-4-16-5-10/h1-2H,3-5H2,(H,12,13)(H,14,15). The lowest BCUT2D eigenvalue weighted by Gasteiger charge is -2.24. The summed E-state index contributed by atoms with van der Waals surface area (Å²) in [5.74, 6) is -0.0708. The van der Waals surface area contributed by atoms with Gasteiger partial charge in [0, 0.05) is 5.75 Å². The van der Waals surface area contributed by atoms with Crippen molar-refractivity contribution in [2.45, 2.75) is 12.0 Å². The van der Waals surface area contributed by atoms with E-state index < -0.39 is 11.5 Å². The van der Waals surface area contributed by atoms with E-state index in [2.05, 4.69) is 21.2 Å². The van der Waals surface area contributed by atoms with Crippen LogP contribution in [0.1, 0.15) is 16.1 Å². The van der Waals surface area contributed by atoms with Gasteiger partial charge in [0.25, 0.3) is 5.91 Å². The summed E-state index contributed by atoms with van der Waals surface area (Å²) in [6.45, 7) is 0. The Morgan fingerprint density at radius 2 is 2.24 bits per heavy atom. The number of carboxylic acids is 1. The maximum Gasteiger partial charge on any atom is 0.330 e. The molecule has 17 heavy (non-hydrogen) atoms. The number of hydrogen-bond acceptors (Lipinski definition) is 4. The number of carbonyl (C=O) groups excluding carboxylic acids is 1. The Balaban J connectivity index is 2.14. The highest BCUT2D eigenvalue weighted by atomic mass is 79.9. The first-order chi connectivity index (χ1) is 8.03. The summed E-state index contributed by atoms with van der Waals surface area (Å²) >= 11 is 6.12. The van der Waals surface area contributed by atoms with E-state index in [4.69, 9.17) is 0 Å². The molecule has 1 saturated heterocycles. The van der Waals surface area contributed by atoms with Crippen LogP contribution in [0.4, 0.5) is 0 Å². The van der Waals surface area contributed by atoms with Crippen molar-refractivity contribution in [2.75, 3.05) is 11.5 Å². The number of rotatable bonds is 3. The number of halogens is 1. The average Bonchev–Trinajstić information content (AvgIpc) is 2.87. The van der Waals surface area contributed by atoms with Gasteiger partial charge in [-0.1, -0.05) is 0 Å². The van der Waals surface area contributed by atoms with Gasteiger partial charge < -0.3 is 10.4 Å². The van der Waals surface area contributed by atoms with Crippen molar-refractivity contribution in [1.82, 2.24) is 5.32 Å². The molecule has 1 atom stereocenters. The minimum Gasteiger partial charge on any atom is -0.479 e. The third kappa shape index (κ3) is 2.66. The molecule has 2 N–H and O–H groups in total. The van der Waals surface area contributed by atoms with E-state index in [0.717, 1.165) is 9.54 Å². The van der Waals surface area contributed by atoms with Crippen LogP contribution < -0.4 is 5.32 Å². The first-order valence-corrected chi connectivity index (χ1v) is 7.69. The Bertz CT molecular complexity index is 454. The van der Waals surface area contributed by atoms with Gasteiger partial charge in [-0.25, -0.2) is 4.79 Å². The summed E-state index contributed by atoms with van der Waals surface area (Å²) in [5, 5.41) is 11.9. The number of thioether (sulfide) groups is 1. The molecule has 0 aliphatic carbocycles. The second-order valence-corrected chi connectivity index (χ2v) is 7.32. The number of carbonyl (C=O) groups is 2. The molecule has 7 heteroatoms. The van der Waals surface area contributed by atoms with Crippen molar-refractivity contribution in [3.8, 4) is 0 Å². The Kier molecular flexibility index (Phi) is 3.79. The van der Waals surface area contributed by atoms with Crippen molar-refractivity contribution in [3.05, 3.63) is 20.8 Å². The van der Waals surface area contributed by atoms with Crippen LogP contribution in [0.2, 0.25) is 0 Å². The van der Waals surface area contributed by atoms with Gasteiger partial charge in [-0.15, -0.1) is 11.3 Å². The molecule has 0 saturated carbocycles. The predicted octanol–water partition coefficient (Wildman–Crippen LogP) is 2.20. The molecule has 0 radical (unpaired) electrons. The Labute approximate surface area is 115 Å². The number of amides is 1. The van der Waals surface area contributed by atoms with E-state index in [0.29, 0.717) is 17.1 Å². The molecule has 0 aromatic carbocycles. The van der Waals surface area contributed by atoms with Crippen LogP contribution in [0.25, 0.3) is 0 Å². The van der Waals surface area contributed by atoms with Crippen LogP contribution in [-0.4, -0.2) is 34.0 Å². The lowest BCUT2D eigenvalue weighted by molar-refractivity contribution is -0.143. The van der Waals surface area contributed by atoms with E-state index in [1.165, 1.54) is 11.3 Å². The van der Waals surface area contributed by atoms with Gasteiger partial charge in [0.05, 0.1) is 8.66 Å². The quantitative estimate of drug-likeness (QED) is 0.888. The fraction of sp³-hybridized carbons (Fsp3) is 0.400. The smallest absolute Gasteiger partial charge is 0.330 e. The fourth-order valence-electron chi connectivity index (χ4n) is 1.60. The number of thiophene rings is 1. The summed E-state index contributed by atoms with van der Waals surface area (Å²) in [6, 6.07) is 3.46. The SMILES string of the molecule is O=C(NC1(C(=O)O)CCSC1)c1ccc(Br)s1. The highest BCUT2D eigenvalue weighted by Crippen LogP contribution is 2.29. The Morgan fingerprint density at radius 3 is 2.71 bits per heavy atom. The van der Waals surface area contributed by atoms with Gasteiger partial charge in [0.2, 0.25) is 0 Å². The van der Waals surface area contributed by atoms with Crippen molar-refractivity contribution < 1.29 is 14.7 Å². The van der Waals surface area contributed by atoms with Gasteiger partial charge in [0.1, 0.15) is 5.54 Å². The summed E-state index contributed by atoms with van der Waals surface area (Å²) in [4.78, 5) is 23.7. The van der Waals surface area contributed by atoms with Gasteiger partial charge >= 0.3 is 5.97 Å². The Hall–Kier alpha value is -0.530. The van der Waals surface area contributed by atoms with Crippen LogP contribution in [0.3, 0.4) is 0 Å². The van der Waals surface area contributed by atoms with Crippen molar-refractivity contribution in [2.24, 2.45) is 0 Å². The Morgan fingerprint density at radius 1 is 1.47 bits per heavy atom. The molecule has 1 amide bonds. The average molecular weight is 336 g/mol. The molecule has 1 aromatic heterocycles. The highest BCUT2D eigenvalue weighted by Gasteiger charge is 2.43. The zero-order chi connectivity index (χ0) is 12.5. The minimum atomic E-state index is -1.10. The molecule has 0 spiro atoms. The second kappa shape index (κ2) is 4.99. The number of hydrogen-bond donors (Lipinski definition) is 2. The highest BCUT2D eigenvalue weighted by molar-refractivity contribution is 9.11. The number of aliphatic carboxylic acids is 1. The molecule has 2 rings (SSSR count). The number of carboxylic acid groups (broad SMARTS) is 1. The molecular weight excluding hydrogens is 326 g/mol. The van der Waals surface area contributed by atoms with E-state index in [1.54, 1.807) is 23.9 Å². The summed E-state index contributed by atoms with van der Waals surface area (Å²) in [5.41, 5.74) is -1.10. The largest absolute Gasteiger partial charge is 0.479 e. The van der Waals surface area contributed by atoms with Crippen molar-refractivity contribution in [3.63, 3.8) is 0 Å². The minimum absolute atomic E-state index is 0.314. The summed E-state index contributed by atoms with van der Waals surface area (Å²) < 4.78 is 0.854. The molecular formula is C10H10BrNO3S2. The maximum atomic E-state index is 11.9. The zero-order valence-electron chi connectivity index (χ0n) is 8.73. The van der Waals surface area contributed by atoms with Crippen LogP contribution in [-0.2, 0) is 4.79 Å². The molecule has 0 bridgehead atoms. The molecule has 2 heterocycles. The molecule has 1 aliphatic rings. The number of nitrogens with one attached hydrogen (secondary N) is 1. The monoisotopic (exact) mass is 335 g/mol. The first-order valence-electron chi connectivity index (χ1n) is 4.92. The zero-order valence-corrected chi connectivity index (χ0v) is 12.0. The fourth-order valence-corrected chi connectivity index (χ4v) is 4.21. The van der Waals surface area contributed by atoms with Gasteiger partial charge in [0.15, 0.2) is 0 Å². The third-order valence-electron chi connectivity index (χ3n) is 2.58. The van der Waals surface area contributed by atoms with Crippen LogP contribution in [0.15, 0.2) is 15.9 Å². The third-order valence-corrected chi connectivity index (χ3v) is 5.39. The van der Waals surface area contributed by atoms with E-state index in [-0.39, 0.29) is 5.91 Å². The first kappa shape index (κ1) is 12.9.